The predicted octanol–water partition coefficient (Wildman–Crippen LogP) is 2.62. The molecule has 0 aliphatic carbocycles. The van der Waals surface area contributed by atoms with Crippen LogP contribution in [0.25, 0.3) is 0 Å². The molecule has 0 aromatic heterocycles. The maximum absolute atomic E-state index is 5.95. The van der Waals surface area contributed by atoms with E-state index in [9.17, 15) is 0 Å². The standard InChI is InChI=1S/C14H30O5Si/c1-5-6-8-13(18-11-14-12-19-14)9-7-10-20(15-2,16-3)17-4/h13-14H,5-12H2,1-4H3. The Kier molecular flexibility index (Phi) is 8.91. The zero-order valence-electron chi connectivity index (χ0n) is 13.4. The van der Waals surface area contributed by atoms with Crippen molar-refractivity contribution in [3.63, 3.8) is 0 Å². The van der Waals surface area contributed by atoms with Gasteiger partial charge in [-0.3, -0.25) is 0 Å². The fraction of sp³-hybridized carbons (Fsp3) is 1.00. The van der Waals surface area contributed by atoms with E-state index in [0.717, 1.165) is 38.5 Å². The molecule has 1 rings (SSSR count). The van der Waals surface area contributed by atoms with Crippen LogP contribution in [0.15, 0.2) is 0 Å². The predicted molar refractivity (Wildman–Crippen MR) is 79.8 cm³/mol. The molecule has 5 nitrogen and oxygen atoms in total. The third-order valence-corrected chi connectivity index (χ3v) is 6.57. The summed E-state index contributed by atoms with van der Waals surface area (Å²) < 4.78 is 27.5. The van der Waals surface area contributed by atoms with E-state index in [2.05, 4.69) is 6.92 Å². The fourth-order valence-electron chi connectivity index (χ4n) is 2.25. The summed E-state index contributed by atoms with van der Waals surface area (Å²) >= 11 is 0. The minimum atomic E-state index is -2.43. The average molecular weight is 306 g/mol. The van der Waals surface area contributed by atoms with Crippen molar-refractivity contribution in [1.82, 2.24) is 0 Å². The zero-order chi connectivity index (χ0) is 14.8. The van der Waals surface area contributed by atoms with E-state index in [1.54, 1.807) is 21.3 Å². The monoisotopic (exact) mass is 306 g/mol. The molecule has 1 heterocycles. The first-order valence-electron chi connectivity index (χ1n) is 7.58. The maximum atomic E-state index is 5.95. The lowest BCUT2D eigenvalue weighted by atomic mass is 10.1. The molecule has 0 spiro atoms. The smallest absolute Gasteiger partial charge is 0.377 e. The van der Waals surface area contributed by atoms with Crippen molar-refractivity contribution < 1.29 is 22.8 Å². The third-order valence-electron chi connectivity index (χ3n) is 3.74. The van der Waals surface area contributed by atoms with Crippen molar-refractivity contribution in [3.8, 4) is 0 Å². The minimum absolute atomic E-state index is 0.316. The van der Waals surface area contributed by atoms with Crippen LogP contribution in [0.2, 0.25) is 6.04 Å². The molecular formula is C14H30O5Si. The van der Waals surface area contributed by atoms with E-state index in [-0.39, 0.29) is 0 Å². The summed E-state index contributed by atoms with van der Waals surface area (Å²) in [5.74, 6) is 0. The lowest BCUT2D eigenvalue weighted by Crippen LogP contribution is -2.42. The Morgan fingerprint density at radius 1 is 1.10 bits per heavy atom. The Hall–Kier alpha value is 0.0169. The number of rotatable bonds is 13. The molecule has 120 valence electrons. The SMILES string of the molecule is CCCCC(CCC[Si](OC)(OC)OC)OCC1CO1. The summed E-state index contributed by atoms with van der Waals surface area (Å²) in [5, 5.41) is 0. The van der Waals surface area contributed by atoms with Gasteiger partial charge >= 0.3 is 8.80 Å². The summed E-state index contributed by atoms with van der Waals surface area (Å²) in [6.45, 7) is 3.79. The van der Waals surface area contributed by atoms with E-state index >= 15 is 0 Å². The second-order valence-electron chi connectivity index (χ2n) is 5.24. The van der Waals surface area contributed by atoms with Crippen molar-refractivity contribution in [2.75, 3.05) is 34.5 Å². The first-order valence-corrected chi connectivity index (χ1v) is 9.51. The fourth-order valence-corrected chi connectivity index (χ4v) is 4.00. The zero-order valence-corrected chi connectivity index (χ0v) is 14.4. The molecule has 0 saturated carbocycles. The highest BCUT2D eigenvalue weighted by Gasteiger charge is 2.37. The Balaban J connectivity index is 2.27. The molecule has 0 amide bonds. The second kappa shape index (κ2) is 9.86. The molecule has 1 saturated heterocycles. The van der Waals surface area contributed by atoms with Crippen molar-refractivity contribution >= 4 is 8.80 Å². The highest BCUT2D eigenvalue weighted by atomic mass is 28.4. The van der Waals surface area contributed by atoms with Crippen LogP contribution in [0.1, 0.15) is 39.0 Å². The molecule has 1 aliphatic rings. The molecule has 6 heteroatoms. The van der Waals surface area contributed by atoms with E-state index in [0.29, 0.717) is 12.2 Å². The van der Waals surface area contributed by atoms with Gasteiger partial charge in [-0.15, -0.1) is 0 Å². The van der Waals surface area contributed by atoms with Crippen molar-refractivity contribution in [2.45, 2.75) is 57.3 Å². The second-order valence-corrected chi connectivity index (χ2v) is 8.33. The molecule has 0 aromatic rings. The first kappa shape index (κ1) is 18.1. The molecule has 1 fully saturated rings. The van der Waals surface area contributed by atoms with Gasteiger partial charge in [0.2, 0.25) is 0 Å². The summed E-state index contributed by atoms with van der Waals surface area (Å²) in [6, 6.07) is 0.836. The Morgan fingerprint density at radius 2 is 1.70 bits per heavy atom. The topological polar surface area (TPSA) is 49.5 Å². The normalized spacial score (nSPS) is 20.1. The van der Waals surface area contributed by atoms with E-state index in [4.69, 9.17) is 22.8 Å². The van der Waals surface area contributed by atoms with Gasteiger partial charge in [0, 0.05) is 27.4 Å². The molecule has 0 bridgehead atoms. The molecule has 0 aromatic carbocycles. The van der Waals surface area contributed by atoms with Gasteiger partial charge in [-0.05, 0) is 19.3 Å². The number of unbranched alkanes of at least 4 members (excludes halogenated alkanes) is 1. The van der Waals surface area contributed by atoms with Gasteiger partial charge in [0.1, 0.15) is 6.10 Å². The van der Waals surface area contributed by atoms with E-state index < -0.39 is 8.80 Å². The molecule has 1 aliphatic heterocycles. The van der Waals surface area contributed by atoms with Gasteiger partial charge in [-0.1, -0.05) is 19.8 Å². The van der Waals surface area contributed by atoms with Crippen molar-refractivity contribution in [2.24, 2.45) is 0 Å². The summed E-state index contributed by atoms with van der Waals surface area (Å²) in [5.41, 5.74) is 0. The van der Waals surface area contributed by atoms with Crippen LogP contribution in [-0.4, -0.2) is 55.6 Å². The van der Waals surface area contributed by atoms with Crippen molar-refractivity contribution in [3.05, 3.63) is 0 Å². The molecule has 2 unspecified atom stereocenters. The average Bonchev–Trinajstić information content (AvgIpc) is 3.30. The van der Waals surface area contributed by atoms with Crippen LogP contribution in [0.5, 0.6) is 0 Å². The third kappa shape index (κ3) is 6.65. The van der Waals surface area contributed by atoms with Crippen molar-refractivity contribution in [1.29, 1.82) is 0 Å². The number of hydrogen-bond donors (Lipinski definition) is 0. The summed E-state index contributed by atoms with van der Waals surface area (Å²) in [6.07, 6.45) is 6.20. The van der Waals surface area contributed by atoms with Crippen LogP contribution >= 0.6 is 0 Å². The number of ether oxygens (including phenoxy) is 2. The quantitative estimate of drug-likeness (QED) is 0.387. The lowest BCUT2D eigenvalue weighted by molar-refractivity contribution is 0.0291. The maximum Gasteiger partial charge on any atom is 0.500 e. The summed E-state index contributed by atoms with van der Waals surface area (Å²) in [7, 11) is 2.56. The van der Waals surface area contributed by atoms with Gasteiger partial charge in [-0.25, -0.2) is 0 Å². The number of epoxide rings is 1. The Morgan fingerprint density at radius 3 is 2.20 bits per heavy atom. The van der Waals surface area contributed by atoms with Crippen LogP contribution in [0.3, 0.4) is 0 Å². The van der Waals surface area contributed by atoms with Gasteiger partial charge in [0.05, 0.1) is 19.3 Å². The van der Waals surface area contributed by atoms with Crippen LogP contribution in [-0.2, 0) is 22.8 Å². The number of hydrogen-bond acceptors (Lipinski definition) is 5. The minimum Gasteiger partial charge on any atom is -0.377 e. The van der Waals surface area contributed by atoms with E-state index in [1.807, 2.05) is 0 Å². The Bertz CT molecular complexity index is 235. The lowest BCUT2D eigenvalue weighted by Gasteiger charge is -2.25. The van der Waals surface area contributed by atoms with Gasteiger partial charge in [0.15, 0.2) is 0 Å². The van der Waals surface area contributed by atoms with Crippen LogP contribution in [0, 0.1) is 0 Å². The first-order chi connectivity index (χ1) is 9.69. The van der Waals surface area contributed by atoms with Crippen LogP contribution in [0.4, 0.5) is 0 Å². The largest absolute Gasteiger partial charge is 0.500 e. The molecule has 20 heavy (non-hydrogen) atoms. The highest BCUT2D eigenvalue weighted by Crippen LogP contribution is 2.21. The Labute approximate surface area is 124 Å². The van der Waals surface area contributed by atoms with Gasteiger partial charge < -0.3 is 22.8 Å². The molecule has 0 radical (unpaired) electrons. The van der Waals surface area contributed by atoms with Gasteiger partial charge in [-0.2, -0.15) is 0 Å². The molecule has 2 atom stereocenters. The van der Waals surface area contributed by atoms with E-state index in [1.165, 1.54) is 12.8 Å². The van der Waals surface area contributed by atoms with Crippen LogP contribution < -0.4 is 0 Å². The summed E-state index contributed by atoms with van der Waals surface area (Å²) in [4.78, 5) is 0. The molecule has 0 N–H and O–H groups in total. The van der Waals surface area contributed by atoms with Gasteiger partial charge in [0.25, 0.3) is 0 Å². The molecular weight excluding hydrogens is 276 g/mol. The highest BCUT2D eigenvalue weighted by molar-refractivity contribution is 6.60.